The second-order valence-electron chi connectivity index (χ2n) is 10.0. The minimum Gasteiger partial charge on any atom is -0.461 e. The van der Waals surface area contributed by atoms with E-state index in [2.05, 4.69) is 47.2 Å². The first kappa shape index (κ1) is 30.8. The van der Waals surface area contributed by atoms with Gasteiger partial charge in [-0.2, -0.15) is 4.98 Å². The van der Waals surface area contributed by atoms with E-state index in [0.29, 0.717) is 66.5 Å². The molecule has 0 radical (unpaired) electrons. The SMILES string of the molecule is CN(CC(=O)Nc1cccc(Nc2ncc(Br)c(NCCCNC(=O)C(C)(C)C(N)=O)n2)c1)CC1CCC(=O)O1. The molecule has 1 aliphatic heterocycles. The summed E-state index contributed by atoms with van der Waals surface area (Å²) in [4.78, 5) is 57.9. The number of halogens is 1. The first-order valence-electron chi connectivity index (χ1n) is 12.8. The van der Waals surface area contributed by atoms with Gasteiger partial charge in [-0.15, -0.1) is 0 Å². The zero-order valence-corrected chi connectivity index (χ0v) is 24.3. The van der Waals surface area contributed by atoms with E-state index in [4.69, 9.17) is 10.5 Å². The molecule has 6 N–H and O–H groups in total. The number of carbonyl (C=O) groups excluding carboxylic acids is 4. The van der Waals surface area contributed by atoms with Crippen LogP contribution in [0.4, 0.5) is 23.1 Å². The van der Waals surface area contributed by atoms with Gasteiger partial charge in [-0.05, 0) is 67.9 Å². The third-order valence-corrected chi connectivity index (χ3v) is 6.74. The molecule has 0 bridgehead atoms. The molecule has 1 aromatic carbocycles. The monoisotopic (exact) mass is 618 g/mol. The zero-order chi connectivity index (χ0) is 29.3. The fraction of sp³-hybridized carbons (Fsp3) is 0.462. The molecule has 1 saturated heterocycles. The van der Waals surface area contributed by atoms with Crippen LogP contribution < -0.4 is 27.0 Å². The van der Waals surface area contributed by atoms with Crippen molar-refractivity contribution < 1.29 is 23.9 Å². The summed E-state index contributed by atoms with van der Waals surface area (Å²) in [6.45, 7) is 4.49. The third kappa shape index (κ3) is 9.16. The van der Waals surface area contributed by atoms with Crippen molar-refractivity contribution in [3.63, 3.8) is 0 Å². The second kappa shape index (κ2) is 14.0. The topological polar surface area (TPSA) is 181 Å². The normalized spacial score (nSPS) is 14.9. The molecule has 13 nitrogen and oxygen atoms in total. The lowest BCUT2D eigenvalue weighted by Gasteiger charge is -2.19. The average molecular weight is 620 g/mol. The number of carbonyl (C=O) groups is 4. The number of aromatic nitrogens is 2. The van der Waals surface area contributed by atoms with Crippen molar-refractivity contribution in [3.8, 4) is 0 Å². The molecule has 2 heterocycles. The van der Waals surface area contributed by atoms with Gasteiger partial charge in [0.2, 0.25) is 23.7 Å². The quantitative estimate of drug-likeness (QED) is 0.119. The molecule has 3 amide bonds. The van der Waals surface area contributed by atoms with Crippen LogP contribution in [0, 0.1) is 5.41 Å². The van der Waals surface area contributed by atoms with Crippen molar-refractivity contribution in [2.24, 2.45) is 11.1 Å². The van der Waals surface area contributed by atoms with Crippen molar-refractivity contribution in [1.29, 1.82) is 0 Å². The number of benzene rings is 1. The molecule has 1 aromatic heterocycles. The highest BCUT2D eigenvalue weighted by Crippen LogP contribution is 2.23. The maximum atomic E-state index is 12.5. The lowest BCUT2D eigenvalue weighted by molar-refractivity contribution is -0.142. The molecule has 216 valence electrons. The Morgan fingerprint density at radius 3 is 2.67 bits per heavy atom. The largest absolute Gasteiger partial charge is 0.461 e. The number of anilines is 4. The van der Waals surface area contributed by atoms with Gasteiger partial charge in [-0.25, -0.2) is 4.98 Å². The van der Waals surface area contributed by atoms with E-state index >= 15 is 0 Å². The van der Waals surface area contributed by atoms with Gasteiger partial charge in [0, 0.05) is 43.6 Å². The molecule has 3 rings (SSSR count). The zero-order valence-electron chi connectivity index (χ0n) is 22.8. The van der Waals surface area contributed by atoms with E-state index in [9.17, 15) is 19.2 Å². The highest BCUT2D eigenvalue weighted by Gasteiger charge is 2.33. The number of esters is 1. The molecule has 1 fully saturated rings. The lowest BCUT2D eigenvalue weighted by Crippen LogP contribution is -2.46. The van der Waals surface area contributed by atoms with Gasteiger partial charge in [-0.1, -0.05) is 6.07 Å². The summed E-state index contributed by atoms with van der Waals surface area (Å²) < 4.78 is 5.87. The minimum atomic E-state index is -1.27. The summed E-state index contributed by atoms with van der Waals surface area (Å²) in [6.07, 6.45) is 3.11. The Labute approximate surface area is 241 Å². The average Bonchev–Trinajstić information content (AvgIpc) is 3.29. The molecular formula is C26H35BrN8O5. The molecule has 0 saturated carbocycles. The maximum Gasteiger partial charge on any atom is 0.306 e. The number of nitrogens with zero attached hydrogens (tertiary/aromatic N) is 3. The number of cyclic esters (lactones) is 1. The van der Waals surface area contributed by atoms with Crippen molar-refractivity contribution in [2.75, 3.05) is 49.2 Å². The first-order valence-corrected chi connectivity index (χ1v) is 13.6. The highest BCUT2D eigenvalue weighted by atomic mass is 79.9. The van der Waals surface area contributed by atoms with Gasteiger partial charge in [-0.3, -0.25) is 24.1 Å². The van der Waals surface area contributed by atoms with Gasteiger partial charge in [0.15, 0.2) is 0 Å². The molecule has 1 aliphatic rings. The van der Waals surface area contributed by atoms with Gasteiger partial charge in [0.25, 0.3) is 0 Å². The van der Waals surface area contributed by atoms with Crippen LogP contribution in [-0.4, -0.2) is 77.9 Å². The molecule has 40 heavy (non-hydrogen) atoms. The van der Waals surface area contributed by atoms with Crippen LogP contribution in [0.25, 0.3) is 0 Å². The molecule has 14 heteroatoms. The Bertz CT molecular complexity index is 1240. The molecule has 2 aromatic rings. The van der Waals surface area contributed by atoms with Gasteiger partial charge in [0.05, 0.1) is 11.0 Å². The number of amides is 3. The summed E-state index contributed by atoms with van der Waals surface area (Å²) in [5.74, 6) is -0.587. The van der Waals surface area contributed by atoms with E-state index in [-0.39, 0.29) is 24.5 Å². The Morgan fingerprint density at radius 1 is 1.23 bits per heavy atom. The van der Waals surface area contributed by atoms with Crippen LogP contribution in [0.1, 0.15) is 33.1 Å². The molecule has 1 unspecified atom stereocenters. The molecule has 0 aliphatic carbocycles. The van der Waals surface area contributed by atoms with Crippen LogP contribution in [0.5, 0.6) is 0 Å². The maximum absolute atomic E-state index is 12.5. The predicted octanol–water partition coefficient (Wildman–Crippen LogP) is 1.99. The van der Waals surface area contributed by atoms with E-state index in [1.807, 2.05) is 11.0 Å². The predicted molar refractivity (Wildman–Crippen MR) is 154 cm³/mol. The summed E-state index contributed by atoms with van der Waals surface area (Å²) in [5, 5.41) is 11.9. The summed E-state index contributed by atoms with van der Waals surface area (Å²) in [5.41, 5.74) is 5.28. The van der Waals surface area contributed by atoms with Crippen molar-refractivity contribution in [2.45, 2.75) is 39.2 Å². The van der Waals surface area contributed by atoms with E-state index < -0.39 is 17.2 Å². The Kier molecular flexibility index (Phi) is 10.8. The number of hydrogen-bond donors (Lipinski definition) is 5. The van der Waals surface area contributed by atoms with E-state index in [1.54, 1.807) is 31.4 Å². The van der Waals surface area contributed by atoms with Crippen molar-refractivity contribution >= 4 is 62.8 Å². The fourth-order valence-corrected chi connectivity index (χ4v) is 4.09. The van der Waals surface area contributed by atoms with Gasteiger partial charge >= 0.3 is 5.97 Å². The highest BCUT2D eigenvalue weighted by molar-refractivity contribution is 9.10. The number of likely N-dealkylation sites (N-methyl/N-ethyl adjacent to an activating group) is 1. The van der Waals surface area contributed by atoms with Crippen LogP contribution in [0.2, 0.25) is 0 Å². The Balaban J connectivity index is 1.48. The summed E-state index contributed by atoms with van der Waals surface area (Å²) >= 11 is 3.43. The molecular weight excluding hydrogens is 584 g/mol. The molecule has 0 spiro atoms. The van der Waals surface area contributed by atoms with Gasteiger partial charge in [0.1, 0.15) is 17.3 Å². The standard InChI is InChI=1S/C26H35BrN8O5/c1-26(2,23(28)38)24(39)30-11-5-10-29-22-19(27)13-31-25(34-22)33-17-7-4-6-16(12-17)32-20(36)15-35(3)14-18-8-9-21(37)40-18/h4,6-7,12-13,18H,5,8-11,14-15H2,1-3H3,(H2,28,38)(H,30,39)(H,32,36)(H2,29,31,33,34). The smallest absolute Gasteiger partial charge is 0.306 e. The lowest BCUT2D eigenvalue weighted by atomic mass is 9.91. The van der Waals surface area contributed by atoms with Crippen molar-refractivity contribution in [3.05, 3.63) is 34.9 Å². The number of nitrogens with two attached hydrogens (primary N) is 1. The Hall–Kier alpha value is -3.78. The van der Waals surface area contributed by atoms with Crippen LogP contribution in [0.3, 0.4) is 0 Å². The van der Waals surface area contributed by atoms with Crippen LogP contribution >= 0.6 is 15.9 Å². The van der Waals surface area contributed by atoms with Crippen LogP contribution in [-0.2, 0) is 23.9 Å². The summed E-state index contributed by atoms with van der Waals surface area (Å²) in [6, 6.07) is 7.17. The third-order valence-electron chi connectivity index (χ3n) is 6.16. The number of hydrogen-bond acceptors (Lipinski definition) is 10. The fourth-order valence-electron chi connectivity index (χ4n) is 3.75. The van der Waals surface area contributed by atoms with Crippen molar-refractivity contribution in [1.82, 2.24) is 20.2 Å². The Morgan fingerprint density at radius 2 is 1.98 bits per heavy atom. The minimum absolute atomic E-state index is 0.156. The first-order chi connectivity index (χ1) is 18.9. The summed E-state index contributed by atoms with van der Waals surface area (Å²) in [7, 11) is 1.81. The number of ether oxygens (including phenoxy) is 1. The van der Waals surface area contributed by atoms with Gasteiger partial charge < -0.3 is 31.7 Å². The number of nitrogens with one attached hydrogen (secondary N) is 4. The number of primary amides is 1. The second-order valence-corrected chi connectivity index (χ2v) is 10.9. The molecule has 1 atom stereocenters. The van der Waals surface area contributed by atoms with Crippen LogP contribution in [0.15, 0.2) is 34.9 Å². The van der Waals surface area contributed by atoms with E-state index in [1.165, 1.54) is 13.8 Å². The van der Waals surface area contributed by atoms with E-state index in [0.717, 1.165) is 0 Å². The number of rotatable bonds is 14.